The minimum Gasteiger partial charge on any atom is -0.383 e. The maximum absolute atomic E-state index is 15.1. The van der Waals surface area contributed by atoms with Crippen LogP contribution in [0.25, 0.3) is 11.1 Å². The first-order valence-corrected chi connectivity index (χ1v) is 13.4. The Hall–Kier alpha value is -3.49. The Bertz CT molecular complexity index is 1310. The van der Waals surface area contributed by atoms with Crippen molar-refractivity contribution in [2.24, 2.45) is 5.41 Å². The summed E-state index contributed by atoms with van der Waals surface area (Å²) in [7, 11) is 1.59. The molecule has 208 valence electrons. The van der Waals surface area contributed by atoms with Gasteiger partial charge in [0, 0.05) is 63.3 Å². The maximum Gasteiger partial charge on any atom is 0.298 e. The van der Waals surface area contributed by atoms with Crippen molar-refractivity contribution in [2.45, 2.75) is 34.2 Å². The monoisotopic (exact) mass is 534 g/mol. The fourth-order valence-corrected chi connectivity index (χ4v) is 5.15. The van der Waals surface area contributed by atoms with Crippen LogP contribution in [0.3, 0.4) is 0 Å². The third-order valence-corrected chi connectivity index (χ3v) is 6.97. The van der Waals surface area contributed by atoms with Crippen molar-refractivity contribution in [3.8, 4) is 11.1 Å². The minimum atomic E-state index is -0.883. The molecule has 0 bridgehead atoms. The standard InChI is InChI=1S/C31H39FN4O3/c1-22-19-25(23-9-7-6-8-10-23)28(36(22)17-18-39-5)29(37)30(38)33-27-12-11-24(20-26(27)32)35-15-13-34(14-16-35)21-31(2,3)4/h6-12,19-20H,13-18,21H2,1-5H3,(H,33,38). The van der Waals surface area contributed by atoms with E-state index in [9.17, 15) is 9.59 Å². The Kier molecular flexibility index (Phi) is 8.87. The fraction of sp³-hybridized carbons (Fsp3) is 0.419. The van der Waals surface area contributed by atoms with Crippen LogP contribution >= 0.6 is 0 Å². The number of rotatable bonds is 9. The molecule has 1 aliphatic rings. The lowest BCUT2D eigenvalue weighted by molar-refractivity contribution is -0.112. The number of hydrogen-bond donors (Lipinski definition) is 1. The summed E-state index contributed by atoms with van der Waals surface area (Å²) in [6.07, 6.45) is 0. The summed E-state index contributed by atoms with van der Waals surface area (Å²) in [5.74, 6) is -2.18. The fourth-order valence-electron chi connectivity index (χ4n) is 5.15. The first-order chi connectivity index (χ1) is 18.6. The number of anilines is 2. The Labute approximate surface area is 230 Å². The molecule has 0 saturated carbocycles. The van der Waals surface area contributed by atoms with E-state index in [1.54, 1.807) is 17.7 Å². The van der Waals surface area contributed by atoms with E-state index >= 15 is 4.39 Å². The average Bonchev–Trinajstić information content (AvgIpc) is 3.23. The molecule has 3 aromatic rings. The molecule has 0 atom stereocenters. The highest BCUT2D eigenvalue weighted by molar-refractivity contribution is 6.47. The van der Waals surface area contributed by atoms with E-state index in [-0.39, 0.29) is 16.8 Å². The summed E-state index contributed by atoms with van der Waals surface area (Å²) in [5.41, 5.74) is 3.56. The molecule has 1 saturated heterocycles. The number of Topliss-reactive ketones (excluding diaryl/α,β-unsaturated/α-hetero) is 1. The number of carbonyl (C=O) groups excluding carboxylic acids is 2. The van der Waals surface area contributed by atoms with Gasteiger partial charge < -0.3 is 19.5 Å². The Morgan fingerprint density at radius 1 is 1.00 bits per heavy atom. The van der Waals surface area contributed by atoms with Gasteiger partial charge in [0.1, 0.15) is 11.5 Å². The van der Waals surface area contributed by atoms with Crippen LogP contribution in [0.5, 0.6) is 0 Å². The van der Waals surface area contributed by atoms with Gasteiger partial charge in [0.25, 0.3) is 11.7 Å². The van der Waals surface area contributed by atoms with E-state index in [1.165, 1.54) is 12.1 Å². The van der Waals surface area contributed by atoms with Crippen LogP contribution in [0.1, 0.15) is 37.0 Å². The van der Waals surface area contributed by atoms with E-state index in [1.807, 2.05) is 43.3 Å². The molecule has 39 heavy (non-hydrogen) atoms. The SMILES string of the molecule is COCCn1c(C)cc(-c2ccccc2)c1C(=O)C(=O)Nc1ccc(N2CCN(CC(C)(C)C)CC2)cc1F. The summed E-state index contributed by atoms with van der Waals surface area (Å²) >= 11 is 0. The number of nitrogens with one attached hydrogen (secondary N) is 1. The highest BCUT2D eigenvalue weighted by atomic mass is 19.1. The molecular weight excluding hydrogens is 495 g/mol. The van der Waals surface area contributed by atoms with Crippen LogP contribution in [-0.2, 0) is 16.1 Å². The van der Waals surface area contributed by atoms with Gasteiger partial charge in [-0.3, -0.25) is 14.5 Å². The van der Waals surface area contributed by atoms with Crippen LogP contribution in [0.15, 0.2) is 54.6 Å². The molecule has 1 amide bonds. The van der Waals surface area contributed by atoms with Gasteiger partial charge in [-0.1, -0.05) is 51.1 Å². The molecule has 8 heteroatoms. The number of benzene rings is 2. The number of amides is 1. The summed E-state index contributed by atoms with van der Waals surface area (Å²) < 4.78 is 22.1. The molecule has 0 aliphatic carbocycles. The molecule has 2 aromatic carbocycles. The zero-order valence-corrected chi connectivity index (χ0v) is 23.6. The van der Waals surface area contributed by atoms with E-state index in [0.29, 0.717) is 18.7 Å². The van der Waals surface area contributed by atoms with Crippen LogP contribution < -0.4 is 10.2 Å². The predicted octanol–water partition coefficient (Wildman–Crippen LogP) is 5.24. The average molecular weight is 535 g/mol. The molecule has 4 rings (SSSR count). The lowest BCUT2D eigenvalue weighted by Crippen LogP contribution is -2.48. The van der Waals surface area contributed by atoms with Gasteiger partial charge in [-0.05, 0) is 42.2 Å². The normalized spacial score (nSPS) is 14.5. The molecular formula is C31H39FN4O3. The van der Waals surface area contributed by atoms with Crippen LogP contribution in [0, 0.1) is 18.2 Å². The first-order valence-electron chi connectivity index (χ1n) is 13.4. The maximum atomic E-state index is 15.1. The summed E-state index contributed by atoms with van der Waals surface area (Å²) in [6.45, 7) is 13.8. The second-order valence-electron chi connectivity index (χ2n) is 11.3. The van der Waals surface area contributed by atoms with Gasteiger partial charge in [-0.15, -0.1) is 0 Å². The molecule has 1 aromatic heterocycles. The van der Waals surface area contributed by atoms with E-state index < -0.39 is 17.5 Å². The predicted molar refractivity (Wildman–Crippen MR) is 154 cm³/mol. The number of piperazine rings is 1. The Morgan fingerprint density at radius 3 is 2.31 bits per heavy atom. The molecule has 7 nitrogen and oxygen atoms in total. The molecule has 2 heterocycles. The Morgan fingerprint density at radius 2 is 1.69 bits per heavy atom. The van der Waals surface area contributed by atoms with Crippen molar-refractivity contribution in [1.82, 2.24) is 9.47 Å². The largest absolute Gasteiger partial charge is 0.383 e. The summed E-state index contributed by atoms with van der Waals surface area (Å²) in [4.78, 5) is 31.2. The van der Waals surface area contributed by atoms with Crippen LogP contribution in [-0.4, -0.2) is 67.6 Å². The summed E-state index contributed by atoms with van der Waals surface area (Å²) in [6, 6.07) is 16.1. The van der Waals surface area contributed by atoms with E-state index in [2.05, 4.69) is 35.9 Å². The second-order valence-corrected chi connectivity index (χ2v) is 11.3. The third kappa shape index (κ3) is 6.94. The van der Waals surface area contributed by atoms with Crippen molar-refractivity contribution >= 4 is 23.1 Å². The number of aromatic nitrogens is 1. The van der Waals surface area contributed by atoms with E-state index in [4.69, 9.17) is 4.74 Å². The number of aryl methyl sites for hydroxylation is 1. The summed E-state index contributed by atoms with van der Waals surface area (Å²) in [5, 5.41) is 2.51. The van der Waals surface area contributed by atoms with E-state index in [0.717, 1.165) is 49.7 Å². The van der Waals surface area contributed by atoms with Crippen molar-refractivity contribution in [3.63, 3.8) is 0 Å². The Balaban J connectivity index is 1.50. The van der Waals surface area contributed by atoms with Gasteiger partial charge >= 0.3 is 0 Å². The van der Waals surface area contributed by atoms with Gasteiger partial charge in [-0.2, -0.15) is 0 Å². The van der Waals surface area contributed by atoms with Crippen molar-refractivity contribution in [1.29, 1.82) is 0 Å². The number of ether oxygens (including phenoxy) is 1. The second kappa shape index (κ2) is 12.1. The van der Waals surface area contributed by atoms with Crippen molar-refractivity contribution in [3.05, 3.63) is 71.8 Å². The van der Waals surface area contributed by atoms with Crippen molar-refractivity contribution < 1.29 is 18.7 Å². The lowest BCUT2D eigenvalue weighted by atomic mass is 9.96. The topological polar surface area (TPSA) is 66.8 Å². The minimum absolute atomic E-state index is 0.0172. The number of hydrogen-bond acceptors (Lipinski definition) is 5. The number of ketones is 1. The molecule has 1 fully saturated rings. The molecule has 1 aliphatic heterocycles. The zero-order chi connectivity index (χ0) is 28.2. The lowest BCUT2D eigenvalue weighted by Gasteiger charge is -2.38. The van der Waals surface area contributed by atoms with Gasteiger partial charge in [-0.25, -0.2) is 4.39 Å². The van der Waals surface area contributed by atoms with Gasteiger partial charge in [0.2, 0.25) is 0 Å². The number of methoxy groups -OCH3 is 1. The molecule has 0 spiro atoms. The molecule has 1 N–H and O–H groups in total. The van der Waals surface area contributed by atoms with Crippen LogP contribution in [0.2, 0.25) is 0 Å². The number of carbonyl (C=O) groups is 2. The number of nitrogens with zero attached hydrogens (tertiary/aromatic N) is 3. The smallest absolute Gasteiger partial charge is 0.298 e. The zero-order valence-electron chi connectivity index (χ0n) is 23.6. The molecule has 0 radical (unpaired) electrons. The van der Waals surface area contributed by atoms with Crippen molar-refractivity contribution in [2.75, 3.05) is 56.7 Å². The highest BCUT2D eigenvalue weighted by Crippen LogP contribution is 2.29. The van der Waals surface area contributed by atoms with Gasteiger partial charge in [0.05, 0.1) is 12.3 Å². The van der Waals surface area contributed by atoms with Crippen LogP contribution in [0.4, 0.5) is 15.8 Å². The third-order valence-electron chi connectivity index (χ3n) is 6.97. The first kappa shape index (κ1) is 28.5. The highest BCUT2D eigenvalue weighted by Gasteiger charge is 2.27. The molecule has 0 unspecified atom stereocenters. The quantitative estimate of drug-likeness (QED) is 0.301. The van der Waals surface area contributed by atoms with Gasteiger partial charge in [0.15, 0.2) is 0 Å². The number of halogens is 1.